The summed E-state index contributed by atoms with van der Waals surface area (Å²) in [6.07, 6.45) is 0. The van der Waals surface area contributed by atoms with Gasteiger partial charge < -0.3 is 15.3 Å². The average Bonchev–Trinajstić information content (AvgIpc) is 0.811. The third-order valence-corrected chi connectivity index (χ3v) is 0. The average molecular weight is 135 g/mol. The van der Waals surface area contributed by atoms with Crippen LogP contribution in [0.2, 0.25) is 0 Å². The fourth-order valence-corrected chi connectivity index (χ4v) is 0. The van der Waals surface area contributed by atoms with Gasteiger partial charge in [0.15, 0.2) is 0 Å². The Morgan fingerprint density at radius 3 is 1.29 bits per heavy atom. The van der Waals surface area contributed by atoms with Crippen molar-refractivity contribution in [2.24, 2.45) is 0 Å². The van der Waals surface area contributed by atoms with Crippen molar-refractivity contribution in [3.63, 3.8) is 0 Å². The van der Waals surface area contributed by atoms with E-state index in [1.165, 1.54) is 0 Å². The molecule has 0 aliphatic heterocycles. The van der Waals surface area contributed by atoms with Gasteiger partial charge in [-0.05, 0) is 0 Å². The van der Waals surface area contributed by atoms with Crippen LogP contribution in [0.5, 0.6) is 0 Å². The van der Waals surface area contributed by atoms with Crippen LogP contribution in [-0.2, 0) is 4.57 Å². The van der Waals surface area contributed by atoms with E-state index in [0.717, 1.165) is 0 Å². The van der Waals surface area contributed by atoms with E-state index in [2.05, 4.69) is 0 Å². The van der Waals surface area contributed by atoms with Gasteiger partial charge in [0.05, 0.1) is 0 Å². The van der Waals surface area contributed by atoms with Gasteiger partial charge in [0.2, 0.25) is 0 Å². The van der Waals surface area contributed by atoms with Gasteiger partial charge in [0.25, 0.3) is 0 Å². The molecule has 0 aliphatic carbocycles. The van der Waals surface area contributed by atoms with Gasteiger partial charge in [-0.1, -0.05) is 0 Å². The molecule has 0 rings (SSSR count). The Kier molecular flexibility index (Phi) is 53.8. The van der Waals surface area contributed by atoms with Crippen LogP contribution < -0.4 is 18.9 Å². The fraction of sp³-hybridized carbons (Fsp3) is 0. The molecule has 0 aromatic rings. The third-order valence-electron chi connectivity index (χ3n) is 0. The molecule has 0 aromatic carbocycles. The molecule has 7 heavy (non-hydrogen) atoms. The summed E-state index contributed by atoms with van der Waals surface area (Å²) < 4.78 is 8.74. The van der Waals surface area contributed by atoms with Crippen LogP contribution >= 0.6 is 8.25 Å². The minimum atomic E-state index is -3.13. The van der Waals surface area contributed by atoms with Crippen molar-refractivity contribution >= 4 is 25.6 Å². The number of hydrogen-bond donors (Lipinski definition) is 2. The Labute approximate surface area is 64.5 Å². The number of rotatable bonds is 0. The Bertz CT molecular complexity index is 34.7. The Morgan fingerprint density at radius 1 is 1.29 bits per heavy atom. The molecule has 0 amide bonds. The van der Waals surface area contributed by atoms with Crippen molar-refractivity contribution in [1.29, 1.82) is 0 Å². The van der Waals surface area contributed by atoms with Crippen molar-refractivity contribution in [2.75, 3.05) is 0 Å². The summed E-state index contributed by atoms with van der Waals surface area (Å²) in [6.45, 7) is 0. The first kappa shape index (κ1) is 24.0. The molecular weight excluding hydrogens is 129 g/mol. The van der Waals surface area contributed by atoms with Crippen LogP contribution in [0, 0.1) is 0 Å². The fourth-order valence-electron chi connectivity index (χ4n) is 0. The van der Waals surface area contributed by atoms with Crippen molar-refractivity contribution in [3.8, 4) is 0 Å². The van der Waals surface area contributed by atoms with Gasteiger partial charge in [-0.2, -0.15) is 0 Å². The molecule has 39 valence electrons. The maximum atomic E-state index is 8.74. The molecule has 3 N–H and O–H groups in total. The topological polar surface area (TPSA) is 87.5 Å². The molecule has 0 spiro atoms. The predicted octanol–water partition coefficient (Wildman–Crippen LogP) is -4.73. The Balaban J connectivity index is -0.0000000150. The molecule has 0 saturated carbocycles. The van der Waals surface area contributed by atoms with Crippen LogP contribution in [0.4, 0.5) is 0 Å². The Morgan fingerprint density at radius 2 is 1.29 bits per heavy atom. The normalized spacial score (nSPS) is 5.00. The second kappa shape index (κ2) is 15.7. The molecule has 1 radical (unpaired) electrons. The van der Waals surface area contributed by atoms with Crippen LogP contribution in [0.25, 0.3) is 0 Å². The van der Waals surface area contributed by atoms with Crippen molar-refractivity contribution in [1.82, 2.24) is 0 Å². The molecule has 0 atom stereocenters. The van der Waals surface area contributed by atoms with Crippen molar-refractivity contribution in [3.05, 3.63) is 0 Å². The van der Waals surface area contributed by atoms with E-state index in [1.807, 2.05) is 0 Å². The largest absolute Gasteiger partial charge is 1.00 e. The van der Waals surface area contributed by atoms with E-state index in [-0.39, 0.29) is 41.7 Å². The molecular formula is H6AlLiO4P. The zero-order chi connectivity index (χ0) is 3.58. The molecule has 0 bridgehead atoms. The minimum Gasteiger partial charge on any atom is -0.870 e. The zero-order valence-electron chi connectivity index (χ0n) is 4.25. The summed E-state index contributed by atoms with van der Waals surface area (Å²) in [5, 5.41) is 0. The van der Waals surface area contributed by atoms with Crippen LogP contribution in [-0.4, -0.2) is 32.6 Å². The maximum Gasteiger partial charge on any atom is 1.00 e. The van der Waals surface area contributed by atoms with E-state index in [4.69, 9.17) is 14.4 Å². The van der Waals surface area contributed by atoms with Crippen LogP contribution in [0.1, 0.15) is 0 Å². The van der Waals surface area contributed by atoms with Gasteiger partial charge in [-0.25, -0.2) is 0 Å². The smallest absolute Gasteiger partial charge is 0.870 e. The SMILES string of the molecule is O=[PH](O)O.[AlH2].[Li+].[OH-]. The van der Waals surface area contributed by atoms with E-state index < -0.39 is 8.25 Å². The van der Waals surface area contributed by atoms with E-state index >= 15 is 0 Å². The molecule has 4 nitrogen and oxygen atoms in total. The third kappa shape index (κ3) is 129. The van der Waals surface area contributed by atoms with E-state index in [1.54, 1.807) is 0 Å². The molecule has 0 aliphatic rings. The molecule has 0 saturated heterocycles. The quantitative estimate of drug-likeness (QED) is 0.258. The van der Waals surface area contributed by atoms with Gasteiger partial charge in [0.1, 0.15) is 17.4 Å². The van der Waals surface area contributed by atoms with Gasteiger partial charge in [-0.3, -0.25) is 4.57 Å². The number of hydrogen-bond acceptors (Lipinski definition) is 2. The predicted molar refractivity (Wildman–Crippen MR) is 23.9 cm³/mol. The van der Waals surface area contributed by atoms with Gasteiger partial charge >= 0.3 is 27.1 Å². The maximum absolute atomic E-state index is 8.74. The molecule has 0 unspecified atom stereocenters. The summed E-state index contributed by atoms with van der Waals surface area (Å²) >= 11 is 0. The summed E-state index contributed by atoms with van der Waals surface area (Å²) in [6, 6.07) is 0. The zero-order valence-corrected chi connectivity index (χ0v) is 7.25. The van der Waals surface area contributed by atoms with Gasteiger partial charge in [-0.15, -0.1) is 0 Å². The first-order valence-corrected chi connectivity index (χ1v) is 1.95. The summed E-state index contributed by atoms with van der Waals surface area (Å²) in [7, 11) is -3.13. The van der Waals surface area contributed by atoms with Crippen molar-refractivity contribution in [2.45, 2.75) is 0 Å². The van der Waals surface area contributed by atoms with Gasteiger partial charge in [0, 0.05) is 0 Å². The van der Waals surface area contributed by atoms with Crippen molar-refractivity contribution < 1.29 is 38.7 Å². The Hall–Kier alpha value is 1.24. The standard InChI is InChI=1S/Al.Li.H3O3P.H2O.2H/c;;1-4(2)3;;;/h;;4H,(H2,1,2,3);1H2;;/q;+1;;;;/p-1. The monoisotopic (exact) mass is 135 g/mol. The summed E-state index contributed by atoms with van der Waals surface area (Å²) in [5.41, 5.74) is 0. The van der Waals surface area contributed by atoms with E-state index in [0.29, 0.717) is 0 Å². The van der Waals surface area contributed by atoms with Crippen LogP contribution in [0.15, 0.2) is 0 Å². The molecule has 0 aromatic heterocycles. The van der Waals surface area contributed by atoms with Crippen LogP contribution in [0.3, 0.4) is 0 Å². The molecule has 0 fully saturated rings. The first-order valence-electron chi connectivity index (χ1n) is 0.651. The second-order valence-electron chi connectivity index (χ2n) is 0.283. The molecule has 0 heterocycles. The summed E-state index contributed by atoms with van der Waals surface area (Å²) in [4.78, 5) is 14.3. The summed E-state index contributed by atoms with van der Waals surface area (Å²) in [5.74, 6) is 0. The second-order valence-corrected chi connectivity index (χ2v) is 0.848. The van der Waals surface area contributed by atoms with E-state index in [9.17, 15) is 0 Å². The first-order chi connectivity index (χ1) is 1.73. The minimum absolute atomic E-state index is 0. The molecule has 7 heteroatoms.